The van der Waals surface area contributed by atoms with Gasteiger partial charge >= 0.3 is 23.5 Å². The van der Waals surface area contributed by atoms with Crippen LogP contribution in [0.3, 0.4) is 0 Å². The van der Waals surface area contributed by atoms with Gasteiger partial charge in [-0.1, -0.05) is 6.08 Å². The molecule has 0 saturated carbocycles. The molecule has 5 rings (SSSR count). The molecule has 48 heavy (non-hydrogen) atoms. The highest BCUT2D eigenvalue weighted by Gasteiger charge is 2.51. The first-order valence-electron chi connectivity index (χ1n) is 13.5. The van der Waals surface area contributed by atoms with Gasteiger partial charge in [0.2, 0.25) is 5.91 Å². The Labute approximate surface area is 268 Å². The van der Waals surface area contributed by atoms with Crippen LogP contribution in [0.15, 0.2) is 36.7 Å². The lowest BCUT2D eigenvalue weighted by Gasteiger charge is -2.28. The van der Waals surface area contributed by atoms with E-state index < -0.39 is 91.7 Å². The number of aromatic nitrogens is 4. The zero-order valence-electron chi connectivity index (χ0n) is 24.1. The maximum atomic E-state index is 12.6. The number of amides is 1. The van der Waals surface area contributed by atoms with Gasteiger partial charge in [-0.2, -0.15) is 4.31 Å². The first-order chi connectivity index (χ1) is 22.4. The number of primary amides is 1. The quantitative estimate of drug-likeness (QED) is 0.0951. The number of imidazole rings is 1. The van der Waals surface area contributed by atoms with Gasteiger partial charge in [0.05, 0.1) is 19.5 Å². The Morgan fingerprint density at radius 2 is 1.56 bits per heavy atom. The fraction of sp³-hybridized carbons (Fsp3) is 0.524. The number of nitrogens with two attached hydrogens (primary N) is 2. The number of allylic oxidation sites excluding steroid dienone is 1. The van der Waals surface area contributed by atoms with Crippen LogP contribution in [-0.4, -0.2) is 121 Å². The van der Waals surface area contributed by atoms with Crippen molar-refractivity contribution in [3.63, 3.8) is 0 Å². The number of nitrogens with zero attached hydrogens (tertiary/aromatic N) is 5. The summed E-state index contributed by atoms with van der Waals surface area (Å²) in [5.41, 5.74) is 11.3. The van der Waals surface area contributed by atoms with Crippen LogP contribution in [0.1, 0.15) is 12.6 Å². The summed E-state index contributed by atoms with van der Waals surface area (Å²) >= 11 is 0. The van der Waals surface area contributed by atoms with Gasteiger partial charge in [0.15, 0.2) is 23.9 Å². The third kappa shape index (κ3) is 8.17. The fourth-order valence-corrected chi connectivity index (χ4v) is 7.57. The van der Waals surface area contributed by atoms with Gasteiger partial charge in [-0.3, -0.25) is 22.9 Å². The maximum absolute atomic E-state index is 12.6. The molecular weight excluding hydrogens is 715 g/mol. The minimum Gasteiger partial charge on any atom is -0.387 e. The van der Waals surface area contributed by atoms with E-state index in [-0.39, 0.29) is 29.0 Å². The van der Waals surface area contributed by atoms with Crippen LogP contribution < -0.4 is 11.5 Å². The van der Waals surface area contributed by atoms with Crippen molar-refractivity contribution in [2.24, 2.45) is 5.73 Å². The van der Waals surface area contributed by atoms with Crippen LogP contribution >= 0.6 is 23.5 Å². The molecule has 3 aliphatic heterocycles. The number of phosphoric acid groups is 3. The molecule has 2 unspecified atom stereocenters. The van der Waals surface area contributed by atoms with E-state index in [0.717, 1.165) is 17.2 Å². The number of rotatable bonds is 13. The Kier molecular flexibility index (Phi) is 10.6. The van der Waals surface area contributed by atoms with E-state index in [1.165, 1.54) is 23.4 Å². The zero-order valence-corrected chi connectivity index (χ0v) is 26.8. The predicted molar refractivity (Wildman–Crippen MR) is 153 cm³/mol. The molecule has 0 bridgehead atoms. The first-order valence-corrected chi connectivity index (χ1v) is 18.0. The number of carbonyl (C=O) groups is 1. The molecule has 2 fully saturated rings. The number of aliphatic hydroxyl groups is 3. The van der Waals surface area contributed by atoms with E-state index >= 15 is 0 Å². The van der Waals surface area contributed by atoms with E-state index in [0.29, 0.717) is 0 Å². The van der Waals surface area contributed by atoms with Crippen molar-refractivity contribution in [2.75, 3.05) is 18.9 Å². The van der Waals surface area contributed by atoms with Crippen LogP contribution in [0, 0.1) is 0 Å². The van der Waals surface area contributed by atoms with Crippen molar-refractivity contribution in [1.82, 2.24) is 24.4 Å². The van der Waals surface area contributed by atoms with Gasteiger partial charge in [0.1, 0.15) is 48.5 Å². The van der Waals surface area contributed by atoms with Gasteiger partial charge < -0.3 is 60.7 Å². The van der Waals surface area contributed by atoms with Crippen molar-refractivity contribution in [1.29, 1.82) is 0 Å². The summed E-state index contributed by atoms with van der Waals surface area (Å²) in [6.07, 6.45) is -6.47. The van der Waals surface area contributed by atoms with Gasteiger partial charge in [0, 0.05) is 18.0 Å². The molecule has 1 amide bonds. The predicted octanol–water partition coefficient (Wildman–Crippen LogP) is -2.57. The lowest BCUT2D eigenvalue weighted by atomic mass is 10.1. The largest absolute Gasteiger partial charge is 0.481 e. The standard InChI is InChI=1S/C21H30N7O17P3/c22-17-12-19(25-7-24-17)28(8-26-12)21-16(44-46(33,34)35)14(30)11(43-21)6-41-48(38,39)45-47(36,37)40-5-10-13(29)15(31)20(42-10)27-3-1-2-9(4-27)18(23)32/h1,3-4,7-8,10-11,13-16,20-21,29-31H,2,5-6H2,(H2,23,32)(H,36,37)(H,38,39)(H2,22,24,25)(H2,33,34,35)/t10-,11-,13+,14+,15-,16-,20-,21-/m1/s1. The molecule has 0 aromatic carbocycles. The Morgan fingerprint density at radius 1 is 0.938 bits per heavy atom. The number of hydrogen-bond donors (Lipinski definition) is 9. The molecule has 0 radical (unpaired) electrons. The van der Waals surface area contributed by atoms with Crippen LogP contribution in [0.25, 0.3) is 11.2 Å². The highest BCUT2D eigenvalue weighted by Crippen LogP contribution is 2.61. The minimum atomic E-state index is -5.52. The number of anilines is 1. The summed E-state index contributed by atoms with van der Waals surface area (Å²) in [4.78, 5) is 63.4. The smallest absolute Gasteiger partial charge is 0.387 e. The van der Waals surface area contributed by atoms with E-state index in [9.17, 15) is 53.4 Å². The number of aliphatic hydroxyl groups excluding tert-OH is 3. The number of hydrogen-bond acceptors (Lipinski definition) is 18. The Balaban J connectivity index is 1.20. The third-order valence-corrected chi connectivity index (χ3v) is 10.2. The van der Waals surface area contributed by atoms with Gasteiger partial charge in [-0.15, -0.1) is 0 Å². The summed E-state index contributed by atoms with van der Waals surface area (Å²) in [5, 5.41) is 31.5. The zero-order chi connectivity index (χ0) is 35.2. The number of nitrogen functional groups attached to an aromatic ring is 1. The Bertz CT molecular complexity index is 1740. The van der Waals surface area contributed by atoms with Crippen molar-refractivity contribution < 1.29 is 80.7 Å². The monoisotopic (exact) mass is 745 g/mol. The lowest BCUT2D eigenvalue weighted by molar-refractivity contribution is -0.115. The summed E-state index contributed by atoms with van der Waals surface area (Å²) in [7, 11) is -16.3. The normalized spacial score (nSPS) is 31.9. The van der Waals surface area contributed by atoms with Gasteiger partial charge in [-0.25, -0.2) is 28.6 Å². The number of ether oxygens (including phenoxy) is 2. The molecule has 11 N–H and O–H groups in total. The molecule has 0 spiro atoms. The summed E-state index contributed by atoms with van der Waals surface area (Å²) < 4.78 is 67.2. The number of phosphoric ester groups is 3. The summed E-state index contributed by atoms with van der Waals surface area (Å²) in [5.74, 6) is -0.791. The van der Waals surface area contributed by atoms with Gasteiger partial charge in [-0.05, 0) is 6.42 Å². The first kappa shape index (κ1) is 36.5. The average Bonchev–Trinajstić information content (AvgIpc) is 3.64. The molecule has 5 heterocycles. The van der Waals surface area contributed by atoms with Crippen LogP contribution in [-0.2, 0) is 45.8 Å². The fourth-order valence-electron chi connectivity index (χ4n) is 4.93. The molecule has 10 atom stereocenters. The van der Waals surface area contributed by atoms with E-state index in [4.69, 9.17) is 30.0 Å². The number of carbonyl (C=O) groups excluding carboxylic acids is 1. The molecule has 2 saturated heterocycles. The van der Waals surface area contributed by atoms with Crippen LogP contribution in [0.5, 0.6) is 0 Å². The second-order valence-electron chi connectivity index (χ2n) is 10.4. The highest BCUT2D eigenvalue weighted by atomic mass is 31.3. The minimum absolute atomic E-state index is 0.00424. The average molecular weight is 745 g/mol. The van der Waals surface area contributed by atoms with Crippen molar-refractivity contribution >= 4 is 46.4 Å². The molecule has 0 aliphatic carbocycles. The van der Waals surface area contributed by atoms with Crippen LogP contribution in [0.2, 0.25) is 0 Å². The van der Waals surface area contributed by atoms with E-state index in [1.807, 2.05) is 0 Å². The molecule has 24 nitrogen and oxygen atoms in total. The Hall–Kier alpha value is -2.73. The van der Waals surface area contributed by atoms with E-state index in [1.54, 1.807) is 0 Å². The second-order valence-corrected chi connectivity index (χ2v) is 14.6. The topological polar surface area (TPSA) is 364 Å². The molecule has 2 aromatic heterocycles. The van der Waals surface area contributed by atoms with Crippen molar-refractivity contribution in [2.45, 2.75) is 55.5 Å². The molecule has 27 heteroatoms. The number of fused-ring (bicyclic) bond motifs is 1. The second kappa shape index (κ2) is 13.9. The maximum Gasteiger partial charge on any atom is 0.481 e. The molecular formula is C21H30N7O17P3. The highest BCUT2D eigenvalue weighted by molar-refractivity contribution is 7.61. The van der Waals surface area contributed by atoms with E-state index in [2.05, 4.69) is 23.8 Å². The summed E-state index contributed by atoms with van der Waals surface area (Å²) in [6, 6.07) is 0. The van der Waals surface area contributed by atoms with Crippen molar-refractivity contribution in [3.8, 4) is 0 Å². The summed E-state index contributed by atoms with van der Waals surface area (Å²) in [6.45, 7) is -2.02. The SMILES string of the molecule is NC(=O)C1=CN([C@@H]2O[C@H](COP(=O)(O)OP(=O)(O)OC[C@H]3O[C@@H](n4cnc5c(N)ncnc54)[C@H](OP(=O)(O)O)[C@H]3O)[C@H](O)[C@H]2O)C=CC1. The van der Waals surface area contributed by atoms with Crippen LogP contribution in [0.4, 0.5) is 5.82 Å². The third-order valence-electron chi connectivity index (χ3n) is 7.11. The molecule has 2 aromatic rings. The van der Waals surface area contributed by atoms with Crippen molar-refractivity contribution in [3.05, 3.63) is 36.7 Å². The molecule has 3 aliphatic rings. The molecule has 266 valence electrons. The van der Waals surface area contributed by atoms with Gasteiger partial charge in [0.25, 0.3) is 0 Å². The Morgan fingerprint density at radius 3 is 2.19 bits per heavy atom. The lowest BCUT2D eigenvalue weighted by Crippen LogP contribution is -2.40.